The van der Waals surface area contributed by atoms with Crippen molar-refractivity contribution in [2.75, 3.05) is 26.2 Å². The first kappa shape index (κ1) is 16.0. The molecule has 5 heteroatoms. The van der Waals surface area contributed by atoms with Crippen LogP contribution in [0, 0.1) is 5.82 Å². The monoisotopic (exact) mass is 330 g/mol. The minimum absolute atomic E-state index is 0.118. The Hall–Kier alpha value is -1.85. The molecule has 1 heterocycles. The van der Waals surface area contributed by atoms with Gasteiger partial charge < -0.3 is 10.2 Å². The van der Waals surface area contributed by atoms with E-state index in [1.165, 1.54) is 23.9 Å². The van der Waals surface area contributed by atoms with Gasteiger partial charge in [-0.1, -0.05) is 30.3 Å². The van der Waals surface area contributed by atoms with Crippen molar-refractivity contribution < 1.29 is 9.18 Å². The van der Waals surface area contributed by atoms with Gasteiger partial charge in [0.05, 0.1) is 0 Å². The van der Waals surface area contributed by atoms with Gasteiger partial charge in [0.1, 0.15) is 11.1 Å². The maximum absolute atomic E-state index is 13.1. The molecule has 0 spiro atoms. The zero-order chi connectivity index (χ0) is 16.1. The number of rotatable bonds is 4. The Balaban J connectivity index is 1.84. The van der Waals surface area contributed by atoms with Crippen molar-refractivity contribution in [1.29, 1.82) is 0 Å². The first-order valence-corrected chi connectivity index (χ1v) is 8.59. The van der Waals surface area contributed by atoms with Gasteiger partial charge in [0, 0.05) is 31.1 Å². The topological polar surface area (TPSA) is 32.3 Å². The smallest absolute Gasteiger partial charge is 0.240 e. The Morgan fingerprint density at radius 3 is 2.35 bits per heavy atom. The molecule has 3 rings (SSSR count). The van der Waals surface area contributed by atoms with Gasteiger partial charge in [-0.2, -0.15) is 0 Å². The van der Waals surface area contributed by atoms with E-state index in [4.69, 9.17) is 0 Å². The molecule has 0 bridgehead atoms. The number of benzene rings is 2. The Kier molecular flexibility index (Phi) is 5.31. The Labute approximate surface area is 139 Å². The van der Waals surface area contributed by atoms with Crippen LogP contribution in [0.1, 0.15) is 10.8 Å². The van der Waals surface area contributed by atoms with Gasteiger partial charge >= 0.3 is 0 Å². The summed E-state index contributed by atoms with van der Waals surface area (Å²) in [4.78, 5) is 15.8. The van der Waals surface area contributed by atoms with Crippen molar-refractivity contribution in [3.05, 3.63) is 66.0 Å². The van der Waals surface area contributed by atoms with Gasteiger partial charge in [0.15, 0.2) is 0 Å². The molecule has 3 nitrogen and oxygen atoms in total. The fourth-order valence-electron chi connectivity index (χ4n) is 2.59. The van der Waals surface area contributed by atoms with E-state index >= 15 is 0 Å². The van der Waals surface area contributed by atoms with Gasteiger partial charge in [0.25, 0.3) is 0 Å². The quantitative estimate of drug-likeness (QED) is 0.875. The molecular weight excluding hydrogens is 311 g/mol. The van der Waals surface area contributed by atoms with Crippen molar-refractivity contribution in [2.24, 2.45) is 0 Å². The molecule has 1 amide bonds. The van der Waals surface area contributed by atoms with E-state index in [9.17, 15) is 9.18 Å². The molecule has 1 N–H and O–H groups in total. The van der Waals surface area contributed by atoms with E-state index in [1.807, 2.05) is 35.2 Å². The summed E-state index contributed by atoms with van der Waals surface area (Å²) in [5.41, 5.74) is 0.977. The number of halogens is 1. The first-order chi connectivity index (χ1) is 11.2. The van der Waals surface area contributed by atoms with E-state index in [1.54, 1.807) is 12.1 Å². The second-order valence-electron chi connectivity index (χ2n) is 5.44. The van der Waals surface area contributed by atoms with Crippen molar-refractivity contribution in [1.82, 2.24) is 10.2 Å². The largest absolute Gasteiger partial charge is 0.339 e. The maximum atomic E-state index is 13.1. The van der Waals surface area contributed by atoms with Crippen LogP contribution in [0.2, 0.25) is 0 Å². The van der Waals surface area contributed by atoms with Crippen LogP contribution in [0.5, 0.6) is 0 Å². The van der Waals surface area contributed by atoms with Gasteiger partial charge in [-0.25, -0.2) is 4.39 Å². The summed E-state index contributed by atoms with van der Waals surface area (Å²) < 4.78 is 13.1. The molecule has 0 aromatic heterocycles. The van der Waals surface area contributed by atoms with Crippen LogP contribution in [0.25, 0.3) is 0 Å². The standard InChI is InChI=1S/C18H19FN2OS/c19-15-6-8-16(9-7-15)23-17(14-4-2-1-3-5-14)18(22)21-12-10-20-11-13-21/h1-9,17,20H,10-13H2. The van der Waals surface area contributed by atoms with E-state index in [0.29, 0.717) is 0 Å². The van der Waals surface area contributed by atoms with Crippen LogP contribution in [0.4, 0.5) is 4.39 Å². The molecule has 0 saturated carbocycles. The Bertz CT molecular complexity index is 642. The predicted octanol–water partition coefficient (Wildman–Crippen LogP) is 3.09. The lowest BCUT2D eigenvalue weighted by atomic mass is 10.1. The normalized spacial score (nSPS) is 16.1. The van der Waals surface area contributed by atoms with Crippen LogP contribution in [-0.4, -0.2) is 37.0 Å². The highest BCUT2D eigenvalue weighted by Gasteiger charge is 2.27. The summed E-state index contributed by atoms with van der Waals surface area (Å²) >= 11 is 1.47. The minimum atomic E-state index is -0.306. The highest BCUT2D eigenvalue weighted by Crippen LogP contribution is 2.36. The van der Waals surface area contributed by atoms with Crippen molar-refractivity contribution in [3.8, 4) is 0 Å². The summed E-state index contributed by atoms with van der Waals surface area (Å²) in [6.07, 6.45) is 0. The van der Waals surface area contributed by atoms with Gasteiger partial charge in [-0.05, 0) is 29.8 Å². The maximum Gasteiger partial charge on any atom is 0.240 e. The zero-order valence-corrected chi connectivity index (χ0v) is 13.6. The summed E-state index contributed by atoms with van der Waals surface area (Å²) in [6, 6.07) is 16.1. The lowest BCUT2D eigenvalue weighted by molar-refractivity contribution is -0.131. The highest BCUT2D eigenvalue weighted by molar-refractivity contribution is 8.00. The zero-order valence-electron chi connectivity index (χ0n) is 12.7. The highest BCUT2D eigenvalue weighted by atomic mass is 32.2. The molecule has 0 aliphatic carbocycles. The fraction of sp³-hybridized carbons (Fsp3) is 0.278. The summed E-state index contributed by atoms with van der Waals surface area (Å²) in [6.45, 7) is 3.11. The molecule has 0 radical (unpaired) electrons. The number of hydrogen-bond acceptors (Lipinski definition) is 3. The third kappa shape index (κ3) is 4.12. The third-order valence-corrected chi connectivity index (χ3v) is 5.08. The second-order valence-corrected chi connectivity index (χ2v) is 6.62. The van der Waals surface area contributed by atoms with Crippen molar-refractivity contribution >= 4 is 17.7 Å². The molecule has 1 fully saturated rings. The molecule has 1 unspecified atom stereocenters. The van der Waals surface area contributed by atoms with Gasteiger partial charge in [-0.15, -0.1) is 11.8 Å². The molecule has 23 heavy (non-hydrogen) atoms. The van der Waals surface area contributed by atoms with Crippen LogP contribution >= 0.6 is 11.8 Å². The second kappa shape index (κ2) is 7.62. The number of amides is 1. The minimum Gasteiger partial charge on any atom is -0.339 e. The average Bonchev–Trinajstić information content (AvgIpc) is 2.62. The van der Waals surface area contributed by atoms with E-state index in [0.717, 1.165) is 36.6 Å². The first-order valence-electron chi connectivity index (χ1n) is 7.71. The molecule has 2 aromatic carbocycles. The SMILES string of the molecule is O=C(C(Sc1ccc(F)cc1)c1ccccc1)N1CCNCC1. The van der Waals surface area contributed by atoms with Crippen LogP contribution in [0.15, 0.2) is 59.5 Å². The lowest BCUT2D eigenvalue weighted by Crippen LogP contribution is -2.47. The molecule has 1 aliphatic rings. The Morgan fingerprint density at radius 1 is 1.04 bits per heavy atom. The third-order valence-electron chi connectivity index (χ3n) is 3.82. The van der Waals surface area contributed by atoms with Crippen molar-refractivity contribution in [3.63, 3.8) is 0 Å². The number of carbonyl (C=O) groups is 1. The number of carbonyl (C=O) groups excluding carboxylic acids is 1. The van der Waals surface area contributed by atoms with Crippen LogP contribution < -0.4 is 5.32 Å². The van der Waals surface area contributed by atoms with Crippen molar-refractivity contribution in [2.45, 2.75) is 10.1 Å². The molecule has 120 valence electrons. The van der Waals surface area contributed by atoms with E-state index in [2.05, 4.69) is 5.32 Å². The average molecular weight is 330 g/mol. The Morgan fingerprint density at radius 2 is 1.70 bits per heavy atom. The molecular formula is C18H19FN2OS. The summed E-state index contributed by atoms with van der Waals surface area (Å²) in [5.74, 6) is -0.147. The van der Waals surface area contributed by atoms with Crippen LogP contribution in [-0.2, 0) is 4.79 Å². The summed E-state index contributed by atoms with van der Waals surface area (Å²) in [7, 11) is 0. The summed E-state index contributed by atoms with van der Waals surface area (Å²) in [5, 5.41) is 2.96. The number of thioether (sulfide) groups is 1. The lowest BCUT2D eigenvalue weighted by Gasteiger charge is -2.31. The number of piperazine rings is 1. The number of hydrogen-bond donors (Lipinski definition) is 1. The van der Waals surface area contributed by atoms with Gasteiger partial charge in [0.2, 0.25) is 5.91 Å². The number of nitrogens with zero attached hydrogens (tertiary/aromatic N) is 1. The van der Waals surface area contributed by atoms with Crippen LogP contribution in [0.3, 0.4) is 0 Å². The molecule has 1 aliphatic heterocycles. The molecule has 2 aromatic rings. The van der Waals surface area contributed by atoms with Gasteiger partial charge in [-0.3, -0.25) is 4.79 Å². The number of nitrogens with one attached hydrogen (secondary N) is 1. The molecule has 1 saturated heterocycles. The van der Waals surface area contributed by atoms with E-state index < -0.39 is 0 Å². The fourth-order valence-corrected chi connectivity index (χ4v) is 3.70. The predicted molar refractivity (Wildman–Crippen MR) is 90.9 cm³/mol. The molecule has 1 atom stereocenters. The van der Waals surface area contributed by atoms with E-state index in [-0.39, 0.29) is 17.0 Å².